The minimum atomic E-state index is 0.646. The van der Waals surface area contributed by atoms with Crippen molar-refractivity contribution in [1.29, 1.82) is 0 Å². The first kappa shape index (κ1) is 17.1. The Labute approximate surface area is 135 Å². The number of hydrogen-bond acceptors (Lipinski definition) is 2. The molecule has 0 saturated heterocycles. The van der Waals surface area contributed by atoms with E-state index in [1.54, 1.807) is 0 Å². The van der Waals surface area contributed by atoms with Gasteiger partial charge in [0, 0.05) is 12.0 Å². The molecule has 122 valence electrons. The standard InChI is InChI=1S/C20H30O2/c1-3-5-6-7-8-9-10-12-18-17-13-14-20(19(18)11-4-2)22-21-16-15-17/h4,11,13-14H,3,5-10,12,15-16H2,1-2H3. The van der Waals surface area contributed by atoms with Gasteiger partial charge in [0.25, 0.3) is 0 Å². The summed E-state index contributed by atoms with van der Waals surface area (Å²) in [6, 6.07) is 4.25. The van der Waals surface area contributed by atoms with Crippen LogP contribution in [0.5, 0.6) is 5.75 Å². The SMILES string of the molecule is CC=Cc1c2ccc(c1CCCCCCCCC)CCOO2. The van der Waals surface area contributed by atoms with E-state index >= 15 is 0 Å². The highest BCUT2D eigenvalue weighted by atomic mass is 17.2. The Kier molecular flexibility index (Phi) is 7.51. The van der Waals surface area contributed by atoms with Crippen molar-refractivity contribution in [2.45, 2.75) is 71.6 Å². The van der Waals surface area contributed by atoms with Crippen molar-refractivity contribution in [3.05, 3.63) is 34.9 Å². The summed E-state index contributed by atoms with van der Waals surface area (Å²) in [6.45, 7) is 4.97. The topological polar surface area (TPSA) is 18.5 Å². The van der Waals surface area contributed by atoms with Gasteiger partial charge in [-0.3, -0.25) is 0 Å². The zero-order valence-electron chi connectivity index (χ0n) is 14.2. The first-order chi connectivity index (χ1) is 10.9. The Balaban J connectivity index is 1.95. The van der Waals surface area contributed by atoms with Crippen LogP contribution in [0.15, 0.2) is 18.2 Å². The zero-order valence-corrected chi connectivity index (χ0v) is 14.2. The summed E-state index contributed by atoms with van der Waals surface area (Å²) in [6.07, 6.45) is 15.8. The smallest absolute Gasteiger partial charge is 0.172 e. The van der Waals surface area contributed by atoms with Crippen LogP contribution in [0.25, 0.3) is 6.08 Å². The van der Waals surface area contributed by atoms with Gasteiger partial charge < -0.3 is 4.89 Å². The molecule has 0 saturated carbocycles. The summed E-state index contributed by atoms with van der Waals surface area (Å²) in [7, 11) is 0. The molecule has 0 fully saturated rings. The Morgan fingerprint density at radius 2 is 1.82 bits per heavy atom. The summed E-state index contributed by atoms with van der Waals surface area (Å²) in [4.78, 5) is 10.7. The van der Waals surface area contributed by atoms with Gasteiger partial charge in [-0.15, -0.1) is 0 Å². The Morgan fingerprint density at radius 3 is 2.59 bits per heavy atom. The van der Waals surface area contributed by atoms with Gasteiger partial charge in [-0.25, -0.2) is 0 Å². The molecule has 0 N–H and O–H groups in total. The molecule has 2 heterocycles. The van der Waals surface area contributed by atoms with Crippen LogP contribution in [0.1, 0.15) is 75.5 Å². The lowest BCUT2D eigenvalue weighted by molar-refractivity contribution is -0.207. The van der Waals surface area contributed by atoms with E-state index < -0.39 is 0 Å². The van der Waals surface area contributed by atoms with E-state index in [0.717, 1.165) is 18.6 Å². The molecule has 2 aliphatic rings. The lowest BCUT2D eigenvalue weighted by Crippen LogP contribution is -2.11. The molecule has 2 bridgehead atoms. The minimum Gasteiger partial charge on any atom is -0.337 e. The number of allylic oxidation sites excluding steroid dienone is 1. The van der Waals surface area contributed by atoms with Gasteiger partial charge in [-0.2, -0.15) is 4.89 Å². The lowest BCUT2D eigenvalue weighted by Gasteiger charge is -2.19. The molecule has 2 nitrogen and oxygen atoms in total. The van der Waals surface area contributed by atoms with Gasteiger partial charge in [-0.1, -0.05) is 63.7 Å². The number of rotatable bonds is 9. The maximum absolute atomic E-state index is 5.44. The molecule has 0 radical (unpaired) electrons. The van der Waals surface area contributed by atoms with E-state index in [1.165, 1.54) is 61.6 Å². The van der Waals surface area contributed by atoms with Crippen LogP contribution >= 0.6 is 0 Å². The Morgan fingerprint density at radius 1 is 1.05 bits per heavy atom. The molecule has 0 spiro atoms. The normalized spacial score (nSPS) is 14.1. The third-order valence-electron chi connectivity index (χ3n) is 4.38. The van der Waals surface area contributed by atoms with Crippen molar-refractivity contribution in [3.8, 4) is 5.75 Å². The fourth-order valence-corrected chi connectivity index (χ4v) is 3.16. The van der Waals surface area contributed by atoms with E-state index in [9.17, 15) is 0 Å². The van der Waals surface area contributed by atoms with Crippen LogP contribution in [0.2, 0.25) is 0 Å². The fraction of sp³-hybridized carbons (Fsp3) is 0.600. The highest BCUT2D eigenvalue weighted by molar-refractivity contribution is 5.63. The quantitative estimate of drug-likeness (QED) is 0.419. The van der Waals surface area contributed by atoms with Gasteiger partial charge in [0.2, 0.25) is 0 Å². The second-order valence-corrected chi connectivity index (χ2v) is 6.14. The summed E-state index contributed by atoms with van der Waals surface area (Å²) >= 11 is 0. The van der Waals surface area contributed by atoms with Crippen LogP contribution < -0.4 is 4.89 Å². The number of hydrogen-bond donors (Lipinski definition) is 0. The third kappa shape index (κ3) is 4.88. The Bertz CT molecular complexity index is 477. The maximum Gasteiger partial charge on any atom is 0.172 e. The zero-order chi connectivity index (χ0) is 15.6. The largest absolute Gasteiger partial charge is 0.337 e. The average molecular weight is 302 g/mol. The van der Waals surface area contributed by atoms with Crippen molar-refractivity contribution in [1.82, 2.24) is 0 Å². The van der Waals surface area contributed by atoms with Gasteiger partial charge >= 0.3 is 0 Å². The number of unbranched alkanes of at least 4 members (excludes halogenated alkanes) is 6. The van der Waals surface area contributed by atoms with Crippen LogP contribution in [-0.2, 0) is 17.7 Å². The van der Waals surface area contributed by atoms with Gasteiger partial charge in [-0.05, 0) is 37.0 Å². The molecule has 0 unspecified atom stereocenters. The molecule has 2 heteroatoms. The molecule has 0 amide bonds. The molecule has 0 aliphatic carbocycles. The first-order valence-corrected chi connectivity index (χ1v) is 8.93. The minimum absolute atomic E-state index is 0.646. The maximum atomic E-state index is 5.44. The summed E-state index contributed by atoms with van der Waals surface area (Å²) < 4.78 is 0. The monoisotopic (exact) mass is 302 g/mol. The third-order valence-corrected chi connectivity index (χ3v) is 4.38. The molecule has 1 aromatic rings. The van der Waals surface area contributed by atoms with Crippen molar-refractivity contribution >= 4 is 6.08 Å². The summed E-state index contributed by atoms with van der Waals surface area (Å²) in [5.74, 6) is 0.861. The number of fused-ring (bicyclic) bond motifs is 5. The van der Waals surface area contributed by atoms with Crippen molar-refractivity contribution in [2.75, 3.05) is 6.61 Å². The molecule has 3 rings (SSSR count). The van der Waals surface area contributed by atoms with Gasteiger partial charge in [0.05, 0.1) is 6.61 Å². The Hall–Kier alpha value is -1.28. The molecule has 1 aromatic carbocycles. The van der Waals surface area contributed by atoms with Crippen molar-refractivity contribution in [3.63, 3.8) is 0 Å². The highest BCUT2D eigenvalue weighted by Crippen LogP contribution is 2.31. The molecular weight excluding hydrogens is 272 g/mol. The molecule has 2 aliphatic heterocycles. The van der Waals surface area contributed by atoms with Crippen LogP contribution in [0.3, 0.4) is 0 Å². The van der Waals surface area contributed by atoms with E-state index in [1.807, 2.05) is 6.07 Å². The van der Waals surface area contributed by atoms with Crippen LogP contribution in [0.4, 0.5) is 0 Å². The predicted octanol–water partition coefficient (Wildman–Crippen LogP) is 5.88. The second-order valence-electron chi connectivity index (χ2n) is 6.14. The van der Waals surface area contributed by atoms with Crippen molar-refractivity contribution in [2.24, 2.45) is 0 Å². The number of benzene rings is 1. The highest BCUT2D eigenvalue weighted by Gasteiger charge is 2.16. The van der Waals surface area contributed by atoms with Gasteiger partial charge in [0.1, 0.15) is 0 Å². The lowest BCUT2D eigenvalue weighted by atomic mass is 9.92. The fourth-order valence-electron chi connectivity index (χ4n) is 3.16. The molecule has 0 aromatic heterocycles. The van der Waals surface area contributed by atoms with E-state index in [2.05, 4.69) is 32.1 Å². The van der Waals surface area contributed by atoms with E-state index in [4.69, 9.17) is 9.78 Å². The van der Waals surface area contributed by atoms with E-state index in [0.29, 0.717) is 6.61 Å². The second kappa shape index (κ2) is 9.68. The molecule has 0 atom stereocenters. The summed E-state index contributed by atoms with van der Waals surface area (Å²) in [5, 5.41) is 0. The average Bonchev–Trinajstić information content (AvgIpc) is 2.49. The van der Waals surface area contributed by atoms with Gasteiger partial charge in [0.15, 0.2) is 5.75 Å². The van der Waals surface area contributed by atoms with Crippen molar-refractivity contribution < 1.29 is 9.78 Å². The van der Waals surface area contributed by atoms with E-state index in [-0.39, 0.29) is 0 Å². The molecular formula is C20H30O2. The van der Waals surface area contributed by atoms with Crippen LogP contribution in [-0.4, -0.2) is 6.61 Å². The van der Waals surface area contributed by atoms with Crippen LogP contribution in [0, 0.1) is 0 Å². The molecule has 22 heavy (non-hydrogen) atoms. The predicted molar refractivity (Wildman–Crippen MR) is 93.1 cm³/mol. The first-order valence-electron chi connectivity index (χ1n) is 8.93. The summed E-state index contributed by atoms with van der Waals surface area (Å²) in [5.41, 5.74) is 4.10.